The maximum Gasteiger partial charge on any atom is 0.375 e. The fourth-order valence-corrected chi connectivity index (χ4v) is 5.55. The molecular weight excluding hydrogens is 544 g/mol. The lowest BCUT2D eigenvalue weighted by Gasteiger charge is -2.47. The van der Waals surface area contributed by atoms with Crippen LogP contribution in [0.2, 0.25) is 0 Å². The van der Waals surface area contributed by atoms with Gasteiger partial charge in [-0.25, -0.2) is 23.4 Å². The molecule has 0 bridgehead atoms. The second kappa shape index (κ2) is 10.8. The van der Waals surface area contributed by atoms with Crippen LogP contribution in [-0.4, -0.2) is 82.3 Å². The van der Waals surface area contributed by atoms with Gasteiger partial charge in [0.05, 0.1) is 11.9 Å². The topological polar surface area (TPSA) is 169 Å². The van der Waals surface area contributed by atoms with Crippen LogP contribution in [0.25, 0.3) is 5.69 Å². The predicted octanol–water partition coefficient (Wildman–Crippen LogP) is 1.63. The van der Waals surface area contributed by atoms with Crippen molar-refractivity contribution in [1.29, 1.82) is 0 Å². The molecule has 0 saturated carbocycles. The van der Waals surface area contributed by atoms with E-state index in [9.17, 15) is 18.8 Å². The number of hydrogen-bond donors (Lipinski definition) is 3. The van der Waals surface area contributed by atoms with Gasteiger partial charge in [-0.2, -0.15) is 14.3 Å². The Kier molecular flexibility index (Phi) is 7.42. The number of halogens is 2. The van der Waals surface area contributed by atoms with Gasteiger partial charge in [-0.1, -0.05) is 0 Å². The summed E-state index contributed by atoms with van der Waals surface area (Å²) in [6.45, 7) is 4.48. The molecule has 2 aliphatic heterocycles. The lowest BCUT2D eigenvalue weighted by molar-refractivity contribution is -0.150. The minimum absolute atomic E-state index is 0.0292. The molecule has 218 valence electrons. The number of ether oxygens (including phenoxy) is 1. The number of aromatic nitrogens is 6. The Labute approximate surface area is 232 Å². The Morgan fingerprint density at radius 3 is 2.71 bits per heavy atom. The van der Waals surface area contributed by atoms with Crippen molar-refractivity contribution in [2.24, 2.45) is 7.05 Å². The molecule has 14 nitrogen and oxygen atoms in total. The molecule has 16 heteroatoms. The number of aryl methyl sites for hydroxylation is 1. The fraction of sp³-hybridized carbons (Fsp3) is 0.480. The lowest BCUT2D eigenvalue weighted by Crippen LogP contribution is -2.55. The summed E-state index contributed by atoms with van der Waals surface area (Å²) in [5.74, 6) is -5.11. The van der Waals surface area contributed by atoms with Gasteiger partial charge in [0, 0.05) is 30.7 Å². The van der Waals surface area contributed by atoms with E-state index in [1.54, 1.807) is 0 Å². The number of benzene rings is 1. The maximum atomic E-state index is 15.2. The van der Waals surface area contributed by atoms with E-state index in [2.05, 4.69) is 49.8 Å². The minimum Gasteiger partial charge on any atom is -0.483 e. The van der Waals surface area contributed by atoms with Gasteiger partial charge < -0.3 is 20.5 Å². The Morgan fingerprint density at radius 2 is 2.00 bits per heavy atom. The SMILES string of the molecule is Cn1nnn(-c2cc(Nc3ncc(F)c(N[C@@H]4C[C@H]5CCCN5C(C)(C)C4)n3)c(F)cc2OCC(=O)C(=O)O)c1=O. The lowest BCUT2D eigenvalue weighted by atomic mass is 9.84. The van der Waals surface area contributed by atoms with Gasteiger partial charge in [-0.15, -0.1) is 0 Å². The second-order valence-electron chi connectivity index (χ2n) is 10.7. The van der Waals surface area contributed by atoms with Gasteiger partial charge in [-0.05, 0) is 62.6 Å². The van der Waals surface area contributed by atoms with Crippen LogP contribution in [0.1, 0.15) is 39.5 Å². The molecule has 2 aliphatic rings. The zero-order valence-electron chi connectivity index (χ0n) is 22.6. The molecule has 0 radical (unpaired) electrons. The number of carboxylic acid groups (broad SMARTS) is 1. The summed E-state index contributed by atoms with van der Waals surface area (Å²) in [6.07, 6.45) is 4.80. The summed E-state index contributed by atoms with van der Waals surface area (Å²) in [5.41, 5.74) is -1.15. The normalized spacial score (nSPS) is 19.9. The molecule has 0 unspecified atom stereocenters. The van der Waals surface area contributed by atoms with E-state index in [1.807, 2.05) is 0 Å². The van der Waals surface area contributed by atoms with E-state index in [0.717, 1.165) is 59.9 Å². The first-order chi connectivity index (χ1) is 19.4. The molecule has 2 atom stereocenters. The molecule has 5 rings (SSSR count). The number of ketones is 1. The van der Waals surface area contributed by atoms with Crippen LogP contribution < -0.4 is 21.1 Å². The number of rotatable bonds is 9. The monoisotopic (exact) mass is 573 g/mol. The zero-order chi connectivity index (χ0) is 29.5. The van der Waals surface area contributed by atoms with Crippen LogP contribution in [0.4, 0.5) is 26.2 Å². The van der Waals surface area contributed by atoms with Crippen molar-refractivity contribution in [3.05, 3.63) is 40.4 Å². The van der Waals surface area contributed by atoms with Crippen LogP contribution in [0.3, 0.4) is 0 Å². The number of piperidine rings is 1. The first-order valence-corrected chi connectivity index (χ1v) is 13.0. The number of nitrogens with zero attached hydrogens (tertiary/aromatic N) is 7. The number of aliphatic carboxylic acids is 1. The highest BCUT2D eigenvalue weighted by Gasteiger charge is 2.43. The van der Waals surface area contributed by atoms with E-state index < -0.39 is 35.7 Å². The van der Waals surface area contributed by atoms with Gasteiger partial charge in [-0.3, -0.25) is 9.69 Å². The van der Waals surface area contributed by atoms with Crippen LogP contribution >= 0.6 is 0 Å². The average Bonchev–Trinajstić information content (AvgIpc) is 3.52. The minimum atomic E-state index is -1.74. The Balaban J connectivity index is 1.41. The maximum absolute atomic E-state index is 15.2. The molecule has 3 aromatic rings. The third-order valence-corrected chi connectivity index (χ3v) is 7.38. The quantitative estimate of drug-likeness (QED) is 0.317. The number of nitrogens with one attached hydrogen (secondary N) is 2. The van der Waals surface area contributed by atoms with Crippen molar-refractivity contribution in [3.63, 3.8) is 0 Å². The third kappa shape index (κ3) is 5.73. The van der Waals surface area contributed by atoms with E-state index in [4.69, 9.17) is 9.84 Å². The van der Waals surface area contributed by atoms with Gasteiger partial charge in [0.1, 0.15) is 11.4 Å². The summed E-state index contributed by atoms with van der Waals surface area (Å²) in [7, 11) is 1.33. The van der Waals surface area contributed by atoms with Crippen molar-refractivity contribution in [2.45, 2.75) is 57.2 Å². The van der Waals surface area contributed by atoms with E-state index in [-0.39, 0.29) is 40.5 Å². The number of Topliss-reactive ketones (excluding diaryl/α,β-unsaturated/α-hetero) is 1. The largest absolute Gasteiger partial charge is 0.483 e. The van der Waals surface area contributed by atoms with Crippen molar-refractivity contribution in [1.82, 2.24) is 34.7 Å². The second-order valence-corrected chi connectivity index (χ2v) is 10.7. The molecule has 0 spiro atoms. The smallest absolute Gasteiger partial charge is 0.375 e. The molecule has 2 fully saturated rings. The first-order valence-electron chi connectivity index (χ1n) is 13.0. The number of fused-ring (bicyclic) bond motifs is 1. The Hall–Kier alpha value is -4.47. The molecule has 1 aromatic carbocycles. The van der Waals surface area contributed by atoms with Crippen molar-refractivity contribution in [2.75, 3.05) is 23.8 Å². The Morgan fingerprint density at radius 1 is 1.22 bits per heavy atom. The Bertz CT molecular complexity index is 1560. The summed E-state index contributed by atoms with van der Waals surface area (Å²) < 4.78 is 36.8. The molecule has 3 N–H and O–H groups in total. The van der Waals surface area contributed by atoms with E-state index >= 15 is 4.39 Å². The zero-order valence-corrected chi connectivity index (χ0v) is 22.6. The molecule has 2 saturated heterocycles. The molecule has 0 amide bonds. The first kappa shape index (κ1) is 28.1. The van der Waals surface area contributed by atoms with Crippen molar-refractivity contribution < 1.29 is 28.2 Å². The highest BCUT2D eigenvalue weighted by Crippen LogP contribution is 2.38. The number of carboxylic acids is 1. The number of anilines is 3. The van der Waals surface area contributed by atoms with Crippen LogP contribution in [-0.2, 0) is 16.6 Å². The van der Waals surface area contributed by atoms with Gasteiger partial charge in [0.25, 0.3) is 5.78 Å². The molecule has 0 aliphatic carbocycles. The summed E-state index contributed by atoms with van der Waals surface area (Å²) in [6, 6.07) is 2.35. The summed E-state index contributed by atoms with van der Waals surface area (Å²) in [4.78, 5) is 45.6. The van der Waals surface area contributed by atoms with E-state index in [1.165, 1.54) is 7.05 Å². The standard InChI is InChI=1S/C25H29F2N9O5/c1-25(2)10-13(7-14-5-4-6-35(14)25)29-21-16(27)11-28-23(31-21)30-17-9-18(36-24(40)34(3)32-33-36)20(8-15(17)26)41-12-19(37)22(38)39/h8-9,11,13-14H,4-7,10,12H2,1-3H3,(H,38,39)(H2,28,29,30,31)/t13-,14-/m1/s1. The number of carbonyl (C=O) groups excluding carboxylic acids is 1. The average molecular weight is 574 g/mol. The predicted molar refractivity (Wildman–Crippen MR) is 140 cm³/mol. The van der Waals surface area contributed by atoms with Gasteiger partial charge in [0.15, 0.2) is 24.1 Å². The molecule has 4 heterocycles. The number of carbonyl (C=O) groups is 2. The van der Waals surface area contributed by atoms with E-state index in [0.29, 0.717) is 6.04 Å². The van der Waals surface area contributed by atoms with Crippen molar-refractivity contribution >= 4 is 29.2 Å². The number of hydrogen-bond acceptors (Lipinski definition) is 11. The van der Waals surface area contributed by atoms with Crippen molar-refractivity contribution in [3.8, 4) is 11.4 Å². The fourth-order valence-electron chi connectivity index (χ4n) is 5.55. The van der Waals surface area contributed by atoms with Gasteiger partial charge >= 0.3 is 11.7 Å². The van der Waals surface area contributed by atoms with Crippen LogP contribution in [0.15, 0.2) is 23.1 Å². The summed E-state index contributed by atoms with van der Waals surface area (Å²) in [5, 5.41) is 22.0. The summed E-state index contributed by atoms with van der Waals surface area (Å²) >= 11 is 0. The highest BCUT2D eigenvalue weighted by molar-refractivity contribution is 6.33. The molecule has 2 aromatic heterocycles. The van der Waals surface area contributed by atoms with Crippen LogP contribution in [0.5, 0.6) is 5.75 Å². The highest BCUT2D eigenvalue weighted by atomic mass is 19.1. The molecular formula is C25H29F2N9O5. The van der Waals surface area contributed by atoms with Crippen LogP contribution in [0, 0.1) is 11.6 Å². The number of tetrazole rings is 1. The van der Waals surface area contributed by atoms with Gasteiger partial charge in [0.2, 0.25) is 5.95 Å². The molecule has 41 heavy (non-hydrogen) atoms. The third-order valence-electron chi connectivity index (χ3n) is 7.38.